The Morgan fingerprint density at radius 3 is 2.25 bits per heavy atom. The van der Waals surface area contributed by atoms with E-state index in [-0.39, 0.29) is 24.2 Å². The van der Waals surface area contributed by atoms with Gasteiger partial charge in [-0.1, -0.05) is 13.8 Å². The highest BCUT2D eigenvalue weighted by Crippen LogP contribution is 2.04. The summed E-state index contributed by atoms with van der Waals surface area (Å²) in [4.78, 5) is 11.5. The van der Waals surface area contributed by atoms with Crippen molar-refractivity contribution >= 4 is 5.91 Å². The Balaban J connectivity index is 3.40. The van der Waals surface area contributed by atoms with E-state index in [0.29, 0.717) is 25.7 Å². The summed E-state index contributed by atoms with van der Waals surface area (Å²) < 4.78 is 10.9. The molecule has 0 fully saturated rings. The Morgan fingerprint density at radius 2 is 1.70 bits per heavy atom. The maximum Gasteiger partial charge on any atom is 0.246 e. The number of rotatable bonds is 10. The van der Waals surface area contributed by atoms with Gasteiger partial charge in [0.05, 0.1) is 19.3 Å². The summed E-state index contributed by atoms with van der Waals surface area (Å²) in [5.74, 6) is 0.329. The predicted octanol–water partition coefficient (Wildman–Crippen LogP) is 1.57. The quantitative estimate of drug-likeness (QED) is 0.599. The third kappa shape index (κ3) is 12.4. The average Bonchev–Trinajstić information content (AvgIpc) is 2.33. The van der Waals surface area contributed by atoms with Gasteiger partial charge in [0.2, 0.25) is 5.91 Å². The van der Waals surface area contributed by atoms with E-state index in [0.717, 1.165) is 6.54 Å². The van der Waals surface area contributed by atoms with E-state index in [4.69, 9.17) is 9.47 Å². The molecule has 120 valence electrons. The molecule has 0 saturated carbocycles. The smallest absolute Gasteiger partial charge is 0.246 e. The minimum Gasteiger partial charge on any atom is -0.378 e. The van der Waals surface area contributed by atoms with Gasteiger partial charge < -0.3 is 20.1 Å². The first-order valence-electron chi connectivity index (χ1n) is 7.43. The summed E-state index contributed by atoms with van der Waals surface area (Å²) in [7, 11) is 0. The minimum atomic E-state index is -0.0890. The minimum absolute atomic E-state index is 0.0890. The third-order valence-electron chi connectivity index (χ3n) is 2.89. The molecule has 1 unspecified atom stereocenters. The molecule has 0 aliphatic heterocycles. The van der Waals surface area contributed by atoms with Crippen molar-refractivity contribution in [1.29, 1.82) is 0 Å². The number of carbonyl (C=O) groups is 1. The summed E-state index contributed by atoms with van der Waals surface area (Å²) in [5.41, 5.74) is 0.113. The molecule has 0 aromatic rings. The Labute approximate surface area is 123 Å². The van der Waals surface area contributed by atoms with E-state index >= 15 is 0 Å². The van der Waals surface area contributed by atoms with E-state index in [1.807, 2.05) is 6.92 Å². The van der Waals surface area contributed by atoms with E-state index in [2.05, 4.69) is 45.3 Å². The first-order valence-corrected chi connectivity index (χ1v) is 7.43. The number of carbonyl (C=O) groups excluding carboxylic acids is 1. The van der Waals surface area contributed by atoms with Gasteiger partial charge in [-0.05, 0) is 33.6 Å². The summed E-state index contributed by atoms with van der Waals surface area (Å²) in [6.45, 7) is 15.1. The summed E-state index contributed by atoms with van der Waals surface area (Å²) >= 11 is 0. The molecule has 0 radical (unpaired) electrons. The van der Waals surface area contributed by atoms with Crippen LogP contribution in [0.3, 0.4) is 0 Å². The Hall–Kier alpha value is -0.650. The van der Waals surface area contributed by atoms with Crippen molar-refractivity contribution in [3.05, 3.63) is 0 Å². The molecule has 0 aliphatic carbocycles. The van der Waals surface area contributed by atoms with E-state index in [1.165, 1.54) is 0 Å². The largest absolute Gasteiger partial charge is 0.378 e. The van der Waals surface area contributed by atoms with Gasteiger partial charge in [-0.15, -0.1) is 0 Å². The lowest BCUT2D eigenvalue weighted by atomic mass is 10.1. The fourth-order valence-electron chi connectivity index (χ4n) is 1.31. The molecular formula is C15H32N2O3. The van der Waals surface area contributed by atoms with Crippen LogP contribution in [0.4, 0.5) is 0 Å². The van der Waals surface area contributed by atoms with Crippen LogP contribution in [0.5, 0.6) is 0 Å². The second kappa shape index (κ2) is 10.1. The Kier molecular flexibility index (Phi) is 9.80. The second-order valence-corrected chi connectivity index (χ2v) is 6.40. The highest BCUT2D eigenvalue weighted by molar-refractivity contribution is 5.77. The zero-order chi connectivity index (χ0) is 15.6. The molecule has 1 amide bonds. The maximum absolute atomic E-state index is 11.5. The van der Waals surface area contributed by atoms with Crippen molar-refractivity contribution in [2.45, 2.75) is 53.2 Å². The molecule has 0 saturated heterocycles. The van der Waals surface area contributed by atoms with Gasteiger partial charge in [0.1, 0.15) is 6.61 Å². The lowest BCUT2D eigenvalue weighted by molar-refractivity contribution is -0.128. The average molecular weight is 288 g/mol. The van der Waals surface area contributed by atoms with Crippen LogP contribution in [0.25, 0.3) is 0 Å². The van der Waals surface area contributed by atoms with E-state index in [1.54, 1.807) is 0 Å². The van der Waals surface area contributed by atoms with Crippen molar-refractivity contribution < 1.29 is 14.3 Å². The predicted molar refractivity (Wildman–Crippen MR) is 81.8 cm³/mol. The molecule has 5 nitrogen and oxygen atoms in total. The molecule has 0 aliphatic rings. The van der Waals surface area contributed by atoms with Crippen LogP contribution in [0, 0.1) is 5.92 Å². The van der Waals surface area contributed by atoms with Gasteiger partial charge in [0, 0.05) is 18.6 Å². The first kappa shape index (κ1) is 19.4. The standard InChI is InChI=1S/C15H32N2O3/c1-12(2)13(3)20-11-14(18)16-7-9-19-10-8-17-15(4,5)6/h12-13,17H,7-11H2,1-6H3,(H,16,18). The van der Waals surface area contributed by atoms with Crippen LogP contribution in [0.15, 0.2) is 0 Å². The zero-order valence-electron chi connectivity index (χ0n) is 13.9. The zero-order valence-corrected chi connectivity index (χ0v) is 13.9. The molecule has 1 atom stereocenters. The SMILES string of the molecule is CC(C)C(C)OCC(=O)NCCOCCNC(C)(C)C. The van der Waals surface area contributed by atoms with Crippen LogP contribution in [-0.4, -0.2) is 50.5 Å². The molecule has 20 heavy (non-hydrogen) atoms. The van der Waals surface area contributed by atoms with E-state index in [9.17, 15) is 4.79 Å². The number of ether oxygens (including phenoxy) is 2. The molecule has 5 heteroatoms. The van der Waals surface area contributed by atoms with Crippen molar-refractivity contribution in [2.75, 3.05) is 32.9 Å². The normalized spacial score (nSPS) is 13.6. The van der Waals surface area contributed by atoms with Crippen molar-refractivity contribution in [3.8, 4) is 0 Å². The maximum atomic E-state index is 11.5. The first-order chi connectivity index (χ1) is 9.22. The van der Waals surface area contributed by atoms with Gasteiger partial charge in [-0.3, -0.25) is 4.79 Å². The fourth-order valence-corrected chi connectivity index (χ4v) is 1.31. The summed E-state index contributed by atoms with van der Waals surface area (Å²) in [6.07, 6.45) is 0.0977. The van der Waals surface area contributed by atoms with Crippen LogP contribution >= 0.6 is 0 Å². The topological polar surface area (TPSA) is 59.6 Å². The van der Waals surface area contributed by atoms with Crippen LogP contribution in [0.2, 0.25) is 0 Å². The molecule has 0 bridgehead atoms. The molecule has 0 aromatic heterocycles. The second-order valence-electron chi connectivity index (χ2n) is 6.40. The fraction of sp³-hybridized carbons (Fsp3) is 0.933. The Bertz CT molecular complexity index is 262. The third-order valence-corrected chi connectivity index (χ3v) is 2.89. The van der Waals surface area contributed by atoms with E-state index < -0.39 is 0 Å². The number of amides is 1. The van der Waals surface area contributed by atoms with Crippen molar-refractivity contribution in [2.24, 2.45) is 5.92 Å². The monoisotopic (exact) mass is 288 g/mol. The van der Waals surface area contributed by atoms with Crippen LogP contribution in [-0.2, 0) is 14.3 Å². The highest BCUT2D eigenvalue weighted by Gasteiger charge is 2.10. The molecule has 0 aromatic carbocycles. The number of hydrogen-bond donors (Lipinski definition) is 2. The van der Waals surface area contributed by atoms with Crippen LogP contribution in [0.1, 0.15) is 41.5 Å². The molecular weight excluding hydrogens is 256 g/mol. The van der Waals surface area contributed by atoms with Crippen molar-refractivity contribution in [3.63, 3.8) is 0 Å². The number of nitrogens with one attached hydrogen (secondary N) is 2. The van der Waals surface area contributed by atoms with Gasteiger partial charge in [-0.2, -0.15) is 0 Å². The molecule has 0 rings (SSSR count). The number of hydrogen-bond acceptors (Lipinski definition) is 4. The van der Waals surface area contributed by atoms with Crippen molar-refractivity contribution in [1.82, 2.24) is 10.6 Å². The van der Waals surface area contributed by atoms with Gasteiger partial charge in [0.25, 0.3) is 0 Å². The highest BCUT2D eigenvalue weighted by atomic mass is 16.5. The lowest BCUT2D eigenvalue weighted by Crippen LogP contribution is -2.38. The lowest BCUT2D eigenvalue weighted by Gasteiger charge is -2.20. The van der Waals surface area contributed by atoms with Gasteiger partial charge >= 0.3 is 0 Å². The Morgan fingerprint density at radius 1 is 1.10 bits per heavy atom. The summed E-state index contributed by atoms with van der Waals surface area (Å²) in [5, 5.41) is 6.11. The van der Waals surface area contributed by atoms with Gasteiger partial charge in [-0.25, -0.2) is 0 Å². The molecule has 2 N–H and O–H groups in total. The summed E-state index contributed by atoms with van der Waals surface area (Å²) in [6, 6.07) is 0. The van der Waals surface area contributed by atoms with Gasteiger partial charge in [0.15, 0.2) is 0 Å². The van der Waals surface area contributed by atoms with Crippen LogP contribution < -0.4 is 10.6 Å². The molecule has 0 spiro atoms. The molecule has 0 heterocycles.